The van der Waals surface area contributed by atoms with Gasteiger partial charge in [0.15, 0.2) is 5.79 Å². The lowest BCUT2D eigenvalue weighted by atomic mass is 9.54. The van der Waals surface area contributed by atoms with Crippen molar-refractivity contribution >= 4 is 0 Å². The van der Waals surface area contributed by atoms with Crippen molar-refractivity contribution in [1.82, 2.24) is 0 Å². The number of hydrogen-bond donors (Lipinski definition) is 0. The number of ether oxygens (including phenoxy) is 3. The molecule has 0 bridgehead atoms. The van der Waals surface area contributed by atoms with E-state index in [9.17, 15) is 5.26 Å². The molecule has 2 aromatic carbocycles. The first-order valence-corrected chi connectivity index (χ1v) is 9.93. The minimum absolute atomic E-state index is 0.203. The highest BCUT2D eigenvalue weighted by atomic mass is 16.7. The fourth-order valence-corrected chi connectivity index (χ4v) is 7.18. The SMILES string of the molecule is COc1ccc([C@]23[C@@H]4CCC[C@@H]4[C@@]2(c2ccc(C#N)cc2)C3(OC)OC)cc1. The minimum Gasteiger partial charge on any atom is -0.497 e. The van der Waals surface area contributed by atoms with E-state index in [-0.39, 0.29) is 10.8 Å². The minimum atomic E-state index is -0.682. The van der Waals surface area contributed by atoms with Gasteiger partial charge < -0.3 is 14.2 Å². The molecule has 0 aromatic heterocycles. The Morgan fingerprint density at radius 3 is 1.75 bits per heavy atom. The molecule has 144 valence electrons. The van der Waals surface area contributed by atoms with E-state index in [1.807, 2.05) is 24.3 Å². The Labute approximate surface area is 166 Å². The lowest BCUT2D eigenvalue weighted by molar-refractivity contribution is -0.152. The van der Waals surface area contributed by atoms with Crippen molar-refractivity contribution in [2.45, 2.75) is 35.9 Å². The third kappa shape index (κ3) is 1.62. The fourth-order valence-electron chi connectivity index (χ4n) is 7.18. The van der Waals surface area contributed by atoms with E-state index in [2.05, 4.69) is 30.3 Å². The lowest BCUT2D eigenvalue weighted by Crippen LogP contribution is -2.49. The number of nitrogens with zero attached hydrogens (tertiary/aromatic N) is 1. The van der Waals surface area contributed by atoms with Crippen LogP contribution in [0.5, 0.6) is 5.75 Å². The number of benzene rings is 2. The van der Waals surface area contributed by atoms with Gasteiger partial charge in [0.1, 0.15) is 5.75 Å². The summed E-state index contributed by atoms with van der Waals surface area (Å²) in [6.45, 7) is 0. The van der Waals surface area contributed by atoms with Crippen molar-refractivity contribution in [2.24, 2.45) is 11.8 Å². The van der Waals surface area contributed by atoms with Crippen molar-refractivity contribution in [1.29, 1.82) is 5.26 Å². The van der Waals surface area contributed by atoms with Gasteiger partial charge in [-0.3, -0.25) is 0 Å². The number of nitriles is 1. The van der Waals surface area contributed by atoms with Gasteiger partial charge in [0.2, 0.25) is 0 Å². The second kappa shape index (κ2) is 5.83. The second-order valence-electron chi connectivity index (χ2n) is 8.20. The van der Waals surface area contributed by atoms with Gasteiger partial charge in [0.05, 0.1) is 29.6 Å². The number of rotatable bonds is 5. The molecule has 4 nitrogen and oxygen atoms in total. The van der Waals surface area contributed by atoms with Gasteiger partial charge in [-0.25, -0.2) is 0 Å². The van der Waals surface area contributed by atoms with Crippen LogP contribution in [0.25, 0.3) is 0 Å². The molecule has 5 rings (SSSR count). The van der Waals surface area contributed by atoms with E-state index in [1.165, 1.54) is 30.4 Å². The molecular weight excluding hydrogens is 350 g/mol. The van der Waals surface area contributed by atoms with Crippen LogP contribution >= 0.6 is 0 Å². The average Bonchev–Trinajstić information content (AvgIpc) is 2.96. The number of methoxy groups -OCH3 is 3. The van der Waals surface area contributed by atoms with E-state index in [0.717, 1.165) is 5.75 Å². The normalized spacial score (nSPS) is 33.9. The van der Waals surface area contributed by atoms with Gasteiger partial charge in [-0.15, -0.1) is 0 Å². The molecule has 0 unspecified atom stereocenters. The van der Waals surface area contributed by atoms with Crippen LogP contribution in [0.3, 0.4) is 0 Å². The van der Waals surface area contributed by atoms with Gasteiger partial charge in [0, 0.05) is 14.2 Å². The average molecular weight is 375 g/mol. The lowest BCUT2D eigenvalue weighted by Gasteiger charge is -2.46. The van der Waals surface area contributed by atoms with E-state index in [1.54, 1.807) is 21.3 Å². The summed E-state index contributed by atoms with van der Waals surface area (Å²) < 4.78 is 17.8. The van der Waals surface area contributed by atoms with E-state index in [0.29, 0.717) is 17.4 Å². The Morgan fingerprint density at radius 1 is 0.821 bits per heavy atom. The molecule has 4 atom stereocenters. The molecule has 0 amide bonds. The molecule has 4 heteroatoms. The first-order chi connectivity index (χ1) is 13.7. The summed E-state index contributed by atoms with van der Waals surface area (Å²) in [5.41, 5.74) is 2.73. The molecule has 0 saturated heterocycles. The van der Waals surface area contributed by atoms with Gasteiger partial charge in [-0.2, -0.15) is 5.26 Å². The topological polar surface area (TPSA) is 51.5 Å². The van der Waals surface area contributed by atoms with Gasteiger partial charge in [0.25, 0.3) is 0 Å². The Morgan fingerprint density at radius 2 is 1.32 bits per heavy atom. The van der Waals surface area contributed by atoms with Crippen LogP contribution in [0.4, 0.5) is 0 Å². The molecule has 0 aliphatic heterocycles. The summed E-state index contributed by atoms with van der Waals surface area (Å²) in [4.78, 5) is 0. The molecule has 3 aliphatic rings. The van der Waals surface area contributed by atoms with Crippen LogP contribution in [0, 0.1) is 23.2 Å². The molecule has 0 radical (unpaired) electrons. The maximum absolute atomic E-state index is 9.22. The highest BCUT2D eigenvalue weighted by Crippen LogP contribution is 2.92. The zero-order valence-corrected chi connectivity index (χ0v) is 16.6. The van der Waals surface area contributed by atoms with Crippen molar-refractivity contribution in [3.8, 4) is 11.8 Å². The molecule has 28 heavy (non-hydrogen) atoms. The van der Waals surface area contributed by atoms with E-state index < -0.39 is 5.79 Å². The smallest absolute Gasteiger partial charge is 0.189 e. The standard InChI is InChI=1S/C24H25NO3/c1-26-19-13-11-18(12-14-19)23-21-6-4-5-20(21)22(23,24(23,27-2)28-3)17-9-7-16(15-25)8-10-17/h7-14,20-21H,4-6H2,1-3H3/t20-,21+,22+,23-/m0/s1. The van der Waals surface area contributed by atoms with Crippen molar-refractivity contribution in [2.75, 3.05) is 21.3 Å². The molecule has 3 saturated carbocycles. The highest BCUT2D eigenvalue weighted by molar-refractivity contribution is 5.66. The predicted molar refractivity (Wildman–Crippen MR) is 105 cm³/mol. The summed E-state index contributed by atoms with van der Waals surface area (Å²) in [5, 5.41) is 9.22. The second-order valence-corrected chi connectivity index (χ2v) is 8.20. The molecule has 0 N–H and O–H groups in total. The summed E-state index contributed by atoms with van der Waals surface area (Å²) in [7, 11) is 5.23. The third-order valence-electron chi connectivity index (χ3n) is 7.82. The quantitative estimate of drug-likeness (QED) is 0.736. The fraction of sp³-hybridized carbons (Fsp3) is 0.458. The van der Waals surface area contributed by atoms with Crippen LogP contribution in [0.15, 0.2) is 48.5 Å². The molecule has 0 spiro atoms. The maximum atomic E-state index is 9.22. The first kappa shape index (κ1) is 17.7. The van der Waals surface area contributed by atoms with Crippen LogP contribution in [0.1, 0.15) is 36.0 Å². The molecule has 3 fully saturated rings. The zero-order valence-electron chi connectivity index (χ0n) is 16.6. The largest absolute Gasteiger partial charge is 0.497 e. The Bertz CT molecular complexity index is 941. The van der Waals surface area contributed by atoms with Crippen LogP contribution in [0.2, 0.25) is 0 Å². The van der Waals surface area contributed by atoms with E-state index in [4.69, 9.17) is 14.2 Å². The Kier molecular flexibility index (Phi) is 3.69. The van der Waals surface area contributed by atoms with Crippen LogP contribution in [-0.4, -0.2) is 27.1 Å². The van der Waals surface area contributed by atoms with Gasteiger partial charge in [-0.05, 0) is 60.1 Å². The first-order valence-electron chi connectivity index (χ1n) is 9.93. The van der Waals surface area contributed by atoms with Crippen LogP contribution < -0.4 is 4.74 Å². The predicted octanol–water partition coefficient (Wildman–Crippen LogP) is 4.18. The van der Waals surface area contributed by atoms with Gasteiger partial charge in [-0.1, -0.05) is 30.7 Å². The Hall–Kier alpha value is -2.35. The third-order valence-corrected chi connectivity index (χ3v) is 7.82. The monoisotopic (exact) mass is 375 g/mol. The number of fused-ring (bicyclic) bond motifs is 4. The van der Waals surface area contributed by atoms with Crippen molar-refractivity contribution in [3.63, 3.8) is 0 Å². The summed E-state index contributed by atoms with van der Waals surface area (Å²) in [6.07, 6.45) is 3.63. The summed E-state index contributed by atoms with van der Waals surface area (Å²) in [5.74, 6) is 1.24. The molecular formula is C24H25NO3. The van der Waals surface area contributed by atoms with E-state index >= 15 is 0 Å². The number of hydrogen-bond acceptors (Lipinski definition) is 4. The van der Waals surface area contributed by atoms with Gasteiger partial charge >= 0.3 is 0 Å². The summed E-state index contributed by atoms with van der Waals surface area (Å²) >= 11 is 0. The van der Waals surface area contributed by atoms with Crippen molar-refractivity contribution < 1.29 is 14.2 Å². The zero-order chi connectivity index (χ0) is 19.6. The molecule has 0 heterocycles. The molecule has 3 aliphatic carbocycles. The Balaban J connectivity index is 1.73. The highest BCUT2D eigenvalue weighted by Gasteiger charge is 3.01. The van der Waals surface area contributed by atoms with Crippen LogP contribution in [-0.2, 0) is 20.3 Å². The molecule has 2 aromatic rings. The summed E-state index contributed by atoms with van der Waals surface area (Å²) in [6, 6.07) is 18.7. The maximum Gasteiger partial charge on any atom is 0.189 e. The van der Waals surface area contributed by atoms with Crippen molar-refractivity contribution in [3.05, 3.63) is 65.2 Å².